The van der Waals surface area contributed by atoms with Gasteiger partial charge >= 0.3 is 0 Å². The Hall–Kier alpha value is -0.860. The number of aromatic nitrogens is 1. The Kier molecular flexibility index (Phi) is 3.18. The van der Waals surface area contributed by atoms with Crippen molar-refractivity contribution in [3.63, 3.8) is 0 Å². The lowest BCUT2D eigenvalue weighted by Gasteiger charge is -2.17. The third kappa shape index (κ3) is 2.21. The number of methoxy groups -OCH3 is 1. The Bertz CT molecular complexity index is 580. The van der Waals surface area contributed by atoms with Crippen LogP contribution in [-0.2, 0) is 14.6 Å². The highest BCUT2D eigenvalue weighted by Crippen LogP contribution is 2.43. The first kappa shape index (κ1) is 13.1. The molecule has 1 atom stereocenters. The molecule has 0 spiro atoms. The molecule has 0 aromatic carbocycles. The van der Waals surface area contributed by atoms with Crippen LogP contribution in [0, 0.1) is 0 Å². The zero-order valence-corrected chi connectivity index (χ0v) is 12.3. The Morgan fingerprint density at radius 3 is 2.74 bits per heavy atom. The topological polar surface area (TPSA) is 85.5 Å². The van der Waals surface area contributed by atoms with Crippen molar-refractivity contribution in [1.29, 1.82) is 0 Å². The predicted molar refractivity (Wildman–Crippen MR) is 74.4 cm³/mol. The number of sulfone groups is 1. The maximum absolute atomic E-state index is 12.4. The molecule has 106 valence electrons. The molecule has 1 aromatic rings. The van der Waals surface area contributed by atoms with Crippen LogP contribution in [0.2, 0.25) is 0 Å². The van der Waals surface area contributed by atoms with Crippen LogP contribution in [0.15, 0.2) is 4.90 Å². The van der Waals surface area contributed by atoms with E-state index in [2.05, 4.69) is 4.37 Å². The first-order valence-electron chi connectivity index (χ1n) is 6.31. The van der Waals surface area contributed by atoms with Gasteiger partial charge in [-0.3, -0.25) is 0 Å². The first-order valence-corrected chi connectivity index (χ1v) is 8.62. The molecule has 2 aliphatic rings. The Labute approximate surface area is 116 Å². The second kappa shape index (κ2) is 4.60. The number of anilines is 2. The van der Waals surface area contributed by atoms with E-state index in [9.17, 15) is 8.42 Å². The minimum absolute atomic E-state index is 0.146. The molecular formula is C11H17N3O3S2. The van der Waals surface area contributed by atoms with Crippen LogP contribution < -0.4 is 10.6 Å². The normalized spacial score (nSPS) is 24.1. The summed E-state index contributed by atoms with van der Waals surface area (Å²) >= 11 is 1.17. The lowest BCUT2D eigenvalue weighted by molar-refractivity contribution is 0.121. The molecular weight excluding hydrogens is 286 g/mol. The molecule has 3 rings (SSSR count). The molecule has 0 amide bonds. The van der Waals surface area contributed by atoms with E-state index in [1.165, 1.54) is 11.5 Å². The van der Waals surface area contributed by atoms with Crippen molar-refractivity contribution >= 4 is 32.2 Å². The Morgan fingerprint density at radius 1 is 1.42 bits per heavy atom. The molecule has 1 saturated heterocycles. The fourth-order valence-electron chi connectivity index (χ4n) is 2.40. The van der Waals surface area contributed by atoms with E-state index in [0.29, 0.717) is 11.5 Å². The Balaban J connectivity index is 1.95. The summed E-state index contributed by atoms with van der Waals surface area (Å²) in [6.07, 6.45) is 2.52. The predicted octanol–water partition coefficient (Wildman–Crippen LogP) is 0.887. The van der Waals surface area contributed by atoms with Gasteiger partial charge in [0, 0.05) is 20.2 Å². The molecule has 6 nitrogen and oxygen atoms in total. The number of nitrogens with zero attached hydrogens (tertiary/aromatic N) is 2. The summed E-state index contributed by atoms with van der Waals surface area (Å²) < 4.78 is 34.2. The van der Waals surface area contributed by atoms with Crippen molar-refractivity contribution in [2.75, 3.05) is 30.8 Å². The van der Waals surface area contributed by atoms with E-state index in [1.54, 1.807) is 7.11 Å². The van der Waals surface area contributed by atoms with E-state index >= 15 is 0 Å². The number of hydrogen-bond acceptors (Lipinski definition) is 7. The molecule has 0 radical (unpaired) electrons. The van der Waals surface area contributed by atoms with Gasteiger partial charge in [0.1, 0.15) is 9.90 Å². The highest BCUT2D eigenvalue weighted by molar-refractivity contribution is 7.92. The van der Waals surface area contributed by atoms with E-state index < -0.39 is 9.84 Å². The summed E-state index contributed by atoms with van der Waals surface area (Å²) in [5, 5.41) is 0.426. The van der Waals surface area contributed by atoms with Crippen molar-refractivity contribution in [3.8, 4) is 0 Å². The highest BCUT2D eigenvalue weighted by Gasteiger charge is 2.42. The summed E-state index contributed by atoms with van der Waals surface area (Å²) in [5.41, 5.74) is 5.79. The van der Waals surface area contributed by atoms with Crippen LogP contribution in [0.4, 0.5) is 10.8 Å². The maximum atomic E-state index is 12.4. The summed E-state index contributed by atoms with van der Waals surface area (Å²) in [4.78, 5) is 2.27. The monoisotopic (exact) mass is 303 g/mol. The molecule has 1 aliphatic carbocycles. The third-order valence-electron chi connectivity index (χ3n) is 3.67. The van der Waals surface area contributed by atoms with Crippen LogP contribution in [0.5, 0.6) is 0 Å². The largest absolute Gasteiger partial charge is 0.382 e. The second-order valence-electron chi connectivity index (χ2n) is 5.04. The van der Waals surface area contributed by atoms with E-state index in [4.69, 9.17) is 10.5 Å². The van der Waals surface area contributed by atoms with Gasteiger partial charge in [0.25, 0.3) is 0 Å². The summed E-state index contributed by atoms with van der Waals surface area (Å²) in [6, 6.07) is 0. The van der Waals surface area contributed by atoms with Gasteiger partial charge in [-0.2, -0.15) is 4.37 Å². The van der Waals surface area contributed by atoms with Crippen molar-refractivity contribution in [3.05, 3.63) is 0 Å². The van der Waals surface area contributed by atoms with Crippen molar-refractivity contribution in [2.24, 2.45) is 0 Å². The lowest BCUT2D eigenvalue weighted by Crippen LogP contribution is -2.23. The molecule has 2 heterocycles. The van der Waals surface area contributed by atoms with Crippen molar-refractivity contribution in [2.45, 2.75) is 35.5 Å². The van der Waals surface area contributed by atoms with Crippen LogP contribution in [-0.4, -0.2) is 44.3 Å². The zero-order chi connectivity index (χ0) is 13.6. The van der Waals surface area contributed by atoms with Gasteiger partial charge in [-0.15, -0.1) is 0 Å². The smallest absolute Gasteiger partial charge is 0.187 e. The average molecular weight is 303 g/mol. The molecule has 19 heavy (non-hydrogen) atoms. The van der Waals surface area contributed by atoms with Gasteiger partial charge in [-0.1, -0.05) is 0 Å². The molecule has 1 saturated carbocycles. The zero-order valence-electron chi connectivity index (χ0n) is 10.7. The van der Waals surface area contributed by atoms with Crippen LogP contribution in [0.1, 0.15) is 19.3 Å². The Morgan fingerprint density at radius 2 is 2.16 bits per heavy atom. The number of hydrogen-bond donors (Lipinski definition) is 1. The van der Waals surface area contributed by atoms with Crippen LogP contribution >= 0.6 is 11.5 Å². The molecule has 2 fully saturated rings. The van der Waals surface area contributed by atoms with Crippen LogP contribution in [0.3, 0.4) is 0 Å². The first-order chi connectivity index (χ1) is 9.04. The fraction of sp³-hybridized carbons (Fsp3) is 0.727. The minimum atomic E-state index is -3.30. The molecule has 1 aliphatic heterocycles. The summed E-state index contributed by atoms with van der Waals surface area (Å²) in [5.74, 6) is 0.146. The summed E-state index contributed by atoms with van der Waals surface area (Å²) in [6.45, 7) is 1.48. The van der Waals surface area contributed by atoms with E-state index in [-0.39, 0.29) is 22.1 Å². The SMILES string of the molecule is COC1CCN(c2snc(N)c2S(=O)(=O)C2CC2)C1. The van der Waals surface area contributed by atoms with Crippen molar-refractivity contribution < 1.29 is 13.2 Å². The lowest BCUT2D eigenvalue weighted by atomic mass is 10.3. The number of nitrogen functional groups attached to an aromatic ring is 1. The third-order valence-corrected chi connectivity index (χ3v) is 7.04. The highest BCUT2D eigenvalue weighted by atomic mass is 32.2. The van der Waals surface area contributed by atoms with Crippen LogP contribution in [0.25, 0.3) is 0 Å². The van der Waals surface area contributed by atoms with Gasteiger partial charge < -0.3 is 15.4 Å². The summed E-state index contributed by atoms with van der Waals surface area (Å²) in [7, 11) is -1.63. The van der Waals surface area contributed by atoms with E-state index in [0.717, 1.165) is 25.8 Å². The van der Waals surface area contributed by atoms with E-state index in [1.807, 2.05) is 4.90 Å². The fourth-order valence-corrected chi connectivity index (χ4v) is 5.47. The standard InChI is InChI=1S/C11H17N3O3S2/c1-17-7-4-5-14(6-7)11-9(10(12)13-18-11)19(15,16)8-2-3-8/h7-8H,2-6H2,1H3,(H2,12,13). The van der Waals surface area contributed by atoms with Gasteiger partial charge in [0.05, 0.1) is 11.4 Å². The number of ether oxygens (including phenoxy) is 1. The van der Waals surface area contributed by atoms with Crippen molar-refractivity contribution in [1.82, 2.24) is 4.37 Å². The molecule has 1 aromatic heterocycles. The van der Waals surface area contributed by atoms with Gasteiger partial charge in [0.15, 0.2) is 15.7 Å². The number of rotatable bonds is 4. The molecule has 8 heteroatoms. The number of nitrogens with two attached hydrogens (primary N) is 1. The van der Waals surface area contributed by atoms with Gasteiger partial charge in [-0.05, 0) is 30.8 Å². The minimum Gasteiger partial charge on any atom is -0.382 e. The maximum Gasteiger partial charge on any atom is 0.187 e. The molecule has 0 bridgehead atoms. The van der Waals surface area contributed by atoms with Gasteiger partial charge in [0.2, 0.25) is 0 Å². The molecule has 2 N–H and O–H groups in total. The average Bonchev–Trinajstić information content (AvgIpc) is 3.01. The second-order valence-corrected chi connectivity index (χ2v) is 7.96. The molecule has 1 unspecified atom stereocenters. The van der Waals surface area contributed by atoms with Gasteiger partial charge in [-0.25, -0.2) is 8.42 Å². The quantitative estimate of drug-likeness (QED) is 0.889.